The summed E-state index contributed by atoms with van der Waals surface area (Å²) in [5.41, 5.74) is 4.69. The number of rotatable bonds is 5. The summed E-state index contributed by atoms with van der Waals surface area (Å²) < 4.78 is 29.4. The van der Waals surface area contributed by atoms with Gasteiger partial charge in [-0.05, 0) is 73.9 Å². The van der Waals surface area contributed by atoms with Gasteiger partial charge in [0.05, 0.1) is 17.1 Å². The van der Waals surface area contributed by atoms with Crippen molar-refractivity contribution < 1.29 is 8.42 Å². The van der Waals surface area contributed by atoms with Crippen LogP contribution in [-0.2, 0) is 16.6 Å². The van der Waals surface area contributed by atoms with E-state index in [9.17, 15) is 8.42 Å². The molecule has 140 valence electrons. The molecule has 0 aromatic heterocycles. The first kappa shape index (κ1) is 19.6. The smallest absolute Gasteiger partial charge is 0.262 e. The minimum Gasteiger partial charge on any atom is -0.262 e. The van der Waals surface area contributed by atoms with Gasteiger partial charge >= 0.3 is 0 Å². The third kappa shape index (κ3) is 4.60. The van der Waals surface area contributed by atoms with Crippen LogP contribution in [0.2, 0.25) is 0 Å². The number of nitrogens with zero attached hydrogens (tertiary/aromatic N) is 1. The van der Waals surface area contributed by atoms with Crippen LogP contribution in [0.3, 0.4) is 0 Å². The van der Waals surface area contributed by atoms with Crippen LogP contribution in [0, 0.1) is 20.8 Å². The first-order valence-electron chi connectivity index (χ1n) is 8.68. The predicted molar refractivity (Wildman–Crippen MR) is 115 cm³/mol. The third-order valence-corrected chi connectivity index (χ3v) is 6.66. The van der Waals surface area contributed by atoms with E-state index in [4.69, 9.17) is 0 Å². The van der Waals surface area contributed by atoms with Gasteiger partial charge in [-0.3, -0.25) is 4.31 Å². The Morgan fingerprint density at radius 2 is 1.33 bits per heavy atom. The van der Waals surface area contributed by atoms with Crippen LogP contribution in [0.25, 0.3) is 0 Å². The van der Waals surface area contributed by atoms with Crippen molar-refractivity contribution in [3.8, 4) is 0 Å². The monoisotopic (exact) mass is 443 g/mol. The van der Waals surface area contributed by atoms with Crippen LogP contribution >= 0.6 is 15.9 Å². The summed E-state index contributed by atoms with van der Waals surface area (Å²) in [5, 5.41) is 0. The third-order valence-electron chi connectivity index (χ3n) is 4.34. The number of anilines is 1. The molecule has 0 amide bonds. The number of halogens is 1. The zero-order valence-corrected chi connectivity index (χ0v) is 18.0. The summed E-state index contributed by atoms with van der Waals surface area (Å²) in [4.78, 5) is 0.296. The number of aryl methyl sites for hydroxylation is 3. The van der Waals surface area contributed by atoms with E-state index in [1.807, 2.05) is 75.4 Å². The maximum atomic E-state index is 13.5. The fourth-order valence-corrected chi connectivity index (χ4v) is 4.70. The van der Waals surface area contributed by atoms with Crippen molar-refractivity contribution in [1.82, 2.24) is 0 Å². The Balaban J connectivity index is 2.11. The zero-order valence-electron chi connectivity index (χ0n) is 15.6. The highest BCUT2D eigenvalue weighted by molar-refractivity contribution is 9.10. The Morgan fingerprint density at radius 1 is 0.778 bits per heavy atom. The molecule has 27 heavy (non-hydrogen) atoms. The van der Waals surface area contributed by atoms with Gasteiger partial charge in [0.25, 0.3) is 10.0 Å². The molecule has 5 heteroatoms. The minimum atomic E-state index is -3.69. The van der Waals surface area contributed by atoms with Gasteiger partial charge in [0.1, 0.15) is 0 Å². The highest BCUT2D eigenvalue weighted by atomic mass is 79.9. The van der Waals surface area contributed by atoms with Crippen molar-refractivity contribution in [1.29, 1.82) is 0 Å². The molecule has 0 radical (unpaired) electrons. The van der Waals surface area contributed by atoms with E-state index in [2.05, 4.69) is 15.9 Å². The summed E-state index contributed by atoms with van der Waals surface area (Å²) in [6, 6.07) is 20.6. The quantitative estimate of drug-likeness (QED) is 0.501. The van der Waals surface area contributed by atoms with Crippen molar-refractivity contribution in [2.45, 2.75) is 32.2 Å². The van der Waals surface area contributed by atoms with Crippen molar-refractivity contribution in [2.75, 3.05) is 4.31 Å². The Labute approximate surface area is 169 Å². The molecule has 0 atom stereocenters. The molecule has 3 aromatic rings. The van der Waals surface area contributed by atoms with Crippen LogP contribution in [-0.4, -0.2) is 8.42 Å². The SMILES string of the molecule is Cc1ccc(S(=O)(=O)N(Cc2ccc(Br)cc2)c2cc(C)cc(C)c2)cc1. The number of benzene rings is 3. The van der Waals surface area contributed by atoms with Crippen molar-refractivity contribution in [3.05, 3.63) is 93.5 Å². The lowest BCUT2D eigenvalue weighted by molar-refractivity contribution is 0.590. The molecule has 3 aromatic carbocycles. The molecule has 0 saturated carbocycles. The number of hydrogen-bond donors (Lipinski definition) is 0. The molecule has 0 aliphatic carbocycles. The van der Waals surface area contributed by atoms with E-state index < -0.39 is 10.0 Å². The molecular formula is C22H22BrNO2S. The summed E-state index contributed by atoms with van der Waals surface area (Å²) in [7, 11) is -3.69. The standard InChI is InChI=1S/C22H22BrNO2S/c1-16-4-10-22(11-5-16)27(25,26)24(15-19-6-8-20(23)9-7-19)21-13-17(2)12-18(3)14-21/h4-14H,15H2,1-3H3. The Kier molecular flexibility index (Phi) is 5.72. The van der Waals surface area contributed by atoms with Crippen molar-refractivity contribution >= 4 is 31.6 Å². The highest BCUT2D eigenvalue weighted by Gasteiger charge is 2.25. The van der Waals surface area contributed by atoms with Gasteiger partial charge in [-0.2, -0.15) is 0 Å². The van der Waals surface area contributed by atoms with Gasteiger partial charge in [-0.15, -0.1) is 0 Å². The molecule has 0 aliphatic rings. The molecule has 0 unspecified atom stereocenters. The molecule has 0 saturated heterocycles. The molecule has 0 fully saturated rings. The van der Waals surface area contributed by atoms with Gasteiger partial charge < -0.3 is 0 Å². The Bertz CT molecular complexity index is 1020. The lowest BCUT2D eigenvalue weighted by atomic mass is 10.1. The molecule has 0 N–H and O–H groups in total. The molecule has 0 bridgehead atoms. The second-order valence-corrected chi connectivity index (χ2v) is 9.58. The van der Waals surface area contributed by atoms with Crippen LogP contribution in [0.4, 0.5) is 5.69 Å². The van der Waals surface area contributed by atoms with Crippen LogP contribution < -0.4 is 4.31 Å². The van der Waals surface area contributed by atoms with E-state index >= 15 is 0 Å². The average molecular weight is 444 g/mol. The molecule has 3 nitrogen and oxygen atoms in total. The summed E-state index contributed by atoms with van der Waals surface area (Å²) in [6.45, 7) is 6.17. The minimum absolute atomic E-state index is 0.270. The van der Waals surface area contributed by atoms with Crippen LogP contribution in [0.1, 0.15) is 22.3 Å². The largest absolute Gasteiger partial charge is 0.264 e. The number of hydrogen-bond acceptors (Lipinski definition) is 2. The summed E-state index contributed by atoms with van der Waals surface area (Å²) in [5.74, 6) is 0. The van der Waals surface area contributed by atoms with Crippen molar-refractivity contribution in [3.63, 3.8) is 0 Å². The fourth-order valence-electron chi connectivity index (χ4n) is 3.00. The van der Waals surface area contributed by atoms with Crippen LogP contribution in [0.15, 0.2) is 76.1 Å². The maximum absolute atomic E-state index is 13.5. The maximum Gasteiger partial charge on any atom is 0.264 e. The fraction of sp³-hybridized carbons (Fsp3) is 0.182. The molecule has 0 aliphatic heterocycles. The van der Waals surface area contributed by atoms with Gasteiger partial charge in [-0.1, -0.05) is 51.8 Å². The highest BCUT2D eigenvalue weighted by Crippen LogP contribution is 2.28. The van der Waals surface area contributed by atoms with E-state index in [0.717, 1.165) is 26.7 Å². The topological polar surface area (TPSA) is 37.4 Å². The van der Waals surface area contributed by atoms with Gasteiger partial charge in [0.2, 0.25) is 0 Å². The Morgan fingerprint density at radius 3 is 1.89 bits per heavy atom. The second kappa shape index (κ2) is 7.87. The van der Waals surface area contributed by atoms with Crippen LogP contribution in [0.5, 0.6) is 0 Å². The predicted octanol–water partition coefficient (Wildman–Crippen LogP) is 5.77. The van der Waals surface area contributed by atoms with Gasteiger partial charge in [0.15, 0.2) is 0 Å². The first-order valence-corrected chi connectivity index (χ1v) is 10.9. The van der Waals surface area contributed by atoms with Crippen molar-refractivity contribution in [2.24, 2.45) is 0 Å². The lowest BCUT2D eigenvalue weighted by Crippen LogP contribution is -2.30. The first-order chi connectivity index (χ1) is 12.8. The average Bonchev–Trinajstić information content (AvgIpc) is 2.60. The summed E-state index contributed by atoms with van der Waals surface area (Å²) >= 11 is 3.43. The molecule has 3 rings (SSSR count). The normalized spacial score (nSPS) is 11.4. The van der Waals surface area contributed by atoms with Gasteiger partial charge in [0, 0.05) is 4.47 Å². The lowest BCUT2D eigenvalue weighted by Gasteiger charge is -2.25. The molecule has 0 spiro atoms. The van der Waals surface area contributed by atoms with E-state index in [1.165, 1.54) is 4.31 Å². The number of sulfonamides is 1. The summed E-state index contributed by atoms with van der Waals surface area (Å²) in [6.07, 6.45) is 0. The van der Waals surface area contributed by atoms with E-state index in [0.29, 0.717) is 10.6 Å². The molecule has 0 heterocycles. The molecular weight excluding hydrogens is 422 g/mol. The van der Waals surface area contributed by atoms with E-state index in [-0.39, 0.29) is 6.54 Å². The second-order valence-electron chi connectivity index (χ2n) is 6.80. The van der Waals surface area contributed by atoms with Gasteiger partial charge in [-0.25, -0.2) is 8.42 Å². The van der Waals surface area contributed by atoms with E-state index in [1.54, 1.807) is 12.1 Å². The Hall–Kier alpha value is -2.11. The zero-order chi connectivity index (χ0) is 19.6.